The van der Waals surface area contributed by atoms with E-state index in [1.807, 2.05) is 29.2 Å². The molecule has 0 spiro atoms. The van der Waals surface area contributed by atoms with Gasteiger partial charge in [-0.2, -0.15) is 0 Å². The smallest absolute Gasteiger partial charge is 0.178 e. The van der Waals surface area contributed by atoms with Crippen molar-refractivity contribution in [3.05, 3.63) is 29.3 Å². The highest BCUT2D eigenvalue weighted by atomic mass is 35.5. The molecule has 30 heavy (non-hydrogen) atoms. The summed E-state index contributed by atoms with van der Waals surface area (Å²) < 4.78 is 0. The largest absolute Gasteiger partial charge is 0.332 e. The zero-order valence-electron chi connectivity index (χ0n) is 18.5. The molecule has 1 aromatic rings. The number of benzene rings is 1. The van der Waals surface area contributed by atoms with Crippen LogP contribution in [-0.4, -0.2) is 28.6 Å². The normalized spacial score (nSPS) is 16.0. The Bertz CT molecular complexity index is 664. The number of nitrogens with zero attached hydrogens (tertiary/aromatic N) is 2. The maximum atomic E-state index is 6.07. The fraction of sp³-hybridized carbons (Fsp3) is 0.667. The Morgan fingerprint density at radius 1 is 1.07 bits per heavy atom. The van der Waals surface area contributed by atoms with Crippen molar-refractivity contribution < 1.29 is 0 Å². The van der Waals surface area contributed by atoms with Gasteiger partial charge in [0.1, 0.15) is 12.0 Å². The quantitative estimate of drug-likeness (QED) is 0.234. The van der Waals surface area contributed by atoms with Crippen LogP contribution < -0.4 is 11.1 Å². The molecule has 1 atom stereocenters. The molecule has 1 heterocycles. The van der Waals surface area contributed by atoms with Gasteiger partial charge in [0, 0.05) is 17.1 Å². The highest BCUT2D eigenvalue weighted by molar-refractivity contribution is 7.80. The van der Waals surface area contributed by atoms with Gasteiger partial charge in [0.15, 0.2) is 5.11 Å². The van der Waals surface area contributed by atoms with Crippen LogP contribution in [0.15, 0.2) is 29.3 Å². The van der Waals surface area contributed by atoms with Crippen LogP contribution in [0.2, 0.25) is 5.02 Å². The Balaban J connectivity index is 1.58. The van der Waals surface area contributed by atoms with Crippen molar-refractivity contribution in [1.29, 1.82) is 0 Å². The molecule has 1 aliphatic heterocycles. The summed E-state index contributed by atoms with van der Waals surface area (Å²) in [5.41, 5.74) is 6.96. The number of unbranched alkanes of at least 4 members (excludes halogenated alkanes) is 11. The molecule has 1 aromatic carbocycles. The van der Waals surface area contributed by atoms with Crippen molar-refractivity contribution in [3.63, 3.8) is 0 Å². The standard InChI is InChI=1S/C24H39ClN4S/c1-2-3-4-5-6-7-8-9-10-11-12-13-17-23-28-22(26)19-29(23)24(30)27-21-16-14-15-20(25)18-21/h14-16,18,22H,2-13,17,19,26H2,1H3,(H,27,30). The van der Waals surface area contributed by atoms with Crippen LogP contribution in [0, 0.1) is 0 Å². The summed E-state index contributed by atoms with van der Waals surface area (Å²) in [6.45, 7) is 2.91. The van der Waals surface area contributed by atoms with Crippen molar-refractivity contribution in [3.8, 4) is 0 Å². The van der Waals surface area contributed by atoms with Gasteiger partial charge in [-0.25, -0.2) is 0 Å². The van der Waals surface area contributed by atoms with E-state index in [4.69, 9.17) is 29.6 Å². The summed E-state index contributed by atoms with van der Waals surface area (Å²) in [6, 6.07) is 7.58. The Kier molecular flexibility index (Phi) is 12.4. The minimum atomic E-state index is -0.198. The van der Waals surface area contributed by atoms with Gasteiger partial charge in [0.2, 0.25) is 0 Å². The molecule has 0 fully saturated rings. The van der Waals surface area contributed by atoms with Gasteiger partial charge in [-0.15, -0.1) is 0 Å². The van der Waals surface area contributed by atoms with E-state index >= 15 is 0 Å². The van der Waals surface area contributed by atoms with Gasteiger partial charge >= 0.3 is 0 Å². The van der Waals surface area contributed by atoms with Crippen LogP contribution in [0.5, 0.6) is 0 Å². The molecular weight excluding hydrogens is 412 g/mol. The van der Waals surface area contributed by atoms with Crippen molar-refractivity contribution in [2.75, 3.05) is 11.9 Å². The molecule has 0 saturated carbocycles. The summed E-state index contributed by atoms with van der Waals surface area (Å²) in [5.74, 6) is 1.01. The summed E-state index contributed by atoms with van der Waals surface area (Å²) in [4.78, 5) is 6.65. The lowest BCUT2D eigenvalue weighted by molar-refractivity contribution is 0.542. The molecule has 0 amide bonds. The third-order valence-corrected chi connectivity index (χ3v) is 6.13. The zero-order chi connectivity index (χ0) is 21.6. The van der Waals surface area contributed by atoms with Crippen LogP contribution in [0.3, 0.4) is 0 Å². The van der Waals surface area contributed by atoms with Gasteiger partial charge in [0.05, 0.1) is 6.54 Å². The van der Waals surface area contributed by atoms with E-state index in [1.54, 1.807) is 0 Å². The van der Waals surface area contributed by atoms with Gasteiger partial charge in [-0.1, -0.05) is 95.2 Å². The SMILES string of the molecule is CCCCCCCCCCCCCCC1=NC(N)CN1C(=S)Nc1cccc(Cl)c1. The van der Waals surface area contributed by atoms with E-state index in [0.29, 0.717) is 16.7 Å². The summed E-state index contributed by atoms with van der Waals surface area (Å²) in [6.07, 6.45) is 16.9. The lowest BCUT2D eigenvalue weighted by Crippen LogP contribution is -2.39. The number of amidine groups is 1. The fourth-order valence-electron chi connectivity index (χ4n) is 3.88. The Morgan fingerprint density at radius 2 is 1.67 bits per heavy atom. The average molecular weight is 451 g/mol. The van der Waals surface area contributed by atoms with Crippen LogP contribution in [-0.2, 0) is 0 Å². The highest BCUT2D eigenvalue weighted by Gasteiger charge is 2.25. The van der Waals surface area contributed by atoms with E-state index in [-0.39, 0.29) is 6.17 Å². The number of hydrogen-bond acceptors (Lipinski definition) is 3. The molecule has 2 rings (SSSR count). The molecule has 168 valence electrons. The lowest BCUT2D eigenvalue weighted by atomic mass is 10.0. The Hall–Kier alpha value is -1.17. The molecule has 1 unspecified atom stereocenters. The average Bonchev–Trinajstić information content (AvgIpc) is 3.09. The second-order valence-corrected chi connectivity index (χ2v) is 9.13. The number of rotatable bonds is 14. The Morgan fingerprint density at radius 3 is 2.27 bits per heavy atom. The molecule has 0 aliphatic carbocycles. The van der Waals surface area contributed by atoms with Crippen LogP contribution >= 0.6 is 23.8 Å². The minimum absolute atomic E-state index is 0.198. The predicted octanol–water partition coefficient (Wildman–Crippen LogP) is 7.13. The highest BCUT2D eigenvalue weighted by Crippen LogP contribution is 2.19. The topological polar surface area (TPSA) is 53.6 Å². The molecule has 6 heteroatoms. The minimum Gasteiger partial charge on any atom is -0.332 e. The molecule has 0 bridgehead atoms. The summed E-state index contributed by atoms with van der Waals surface area (Å²) in [5, 5.41) is 4.59. The van der Waals surface area contributed by atoms with Gasteiger partial charge in [0.25, 0.3) is 0 Å². The number of thiocarbonyl (C=S) groups is 1. The number of anilines is 1. The van der Waals surface area contributed by atoms with E-state index in [1.165, 1.54) is 70.6 Å². The van der Waals surface area contributed by atoms with Gasteiger partial charge in [-0.3, -0.25) is 4.99 Å². The van der Waals surface area contributed by atoms with Crippen LogP contribution in [0.1, 0.15) is 90.4 Å². The number of halogens is 1. The second-order valence-electron chi connectivity index (χ2n) is 8.30. The maximum absolute atomic E-state index is 6.07. The van der Waals surface area contributed by atoms with Gasteiger partial charge < -0.3 is 16.0 Å². The zero-order valence-corrected chi connectivity index (χ0v) is 20.1. The van der Waals surface area contributed by atoms with E-state index in [2.05, 4.69) is 17.2 Å². The third kappa shape index (κ3) is 9.76. The fourth-order valence-corrected chi connectivity index (χ4v) is 4.36. The lowest BCUT2D eigenvalue weighted by Gasteiger charge is -2.22. The van der Waals surface area contributed by atoms with E-state index in [0.717, 1.165) is 24.4 Å². The molecule has 0 saturated heterocycles. The summed E-state index contributed by atoms with van der Waals surface area (Å²) >= 11 is 11.7. The first-order chi connectivity index (χ1) is 14.6. The van der Waals surface area contributed by atoms with Crippen molar-refractivity contribution >= 4 is 40.5 Å². The van der Waals surface area contributed by atoms with Crippen molar-refractivity contribution in [1.82, 2.24) is 4.90 Å². The predicted molar refractivity (Wildman–Crippen MR) is 135 cm³/mol. The molecule has 4 nitrogen and oxygen atoms in total. The molecule has 1 aliphatic rings. The summed E-state index contributed by atoms with van der Waals surface area (Å²) in [7, 11) is 0. The number of hydrogen-bond donors (Lipinski definition) is 2. The van der Waals surface area contributed by atoms with Gasteiger partial charge in [-0.05, 0) is 36.8 Å². The second kappa shape index (κ2) is 14.8. The first-order valence-corrected chi connectivity index (χ1v) is 12.5. The number of nitrogens with one attached hydrogen (secondary N) is 1. The first kappa shape index (κ1) is 25.1. The Labute approximate surface area is 193 Å². The van der Waals surface area contributed by atoms with Crippen LogP contribution in [0.25, 0.3) is 0 Å². The third-order valence-electron chi connectivity index (χ3n) is 5.57. The molecule has 0 radical (unpaired) electrons. The van der Waals surface area contributed by atoms with Crippen molar-refractivity contribution in [2.45, 2.75) is 96.6 Å². The molecule has 3 N–H and O–H groups in total. The maximum Gasteiger partial charge on any atom is 0.178 e. The van der Waals surface area contributed by atoms with Crippen LogP contribution in [0.4, 0.5) is 5.69 Å². The van der Waals surface area contributed by atoms with Crippen molar-refractivity contribution in [2.24, 2.45) is 10.7 Å². The monoisotopic (exact) mass is 450 g/mol. The molecular formula is C24H39ClN4S. The first-order valence-electron chi connectivity index (χ1n) is 11.8. The number of nitrogens with two attached hydrogens (primary N) is 1. The van der Waals surface area contributed by atoms with E-state index < -0.39 is 0 Å². The number of aliphatic imine (C=N–C) groups is 1. The molecule has 0 aromatic heterocycles. The van der Waals surface area contributed by atoms with E-state index in [9.17, 15) is 0 Å².